The van der Waals surface area contributed by atoms with E-state index in [1.165, 1.54) is 11.1 Å². The maximum Gasteiger partial charge on any atom is 0.410 e. The van der Waals surface area contributed by atoms with Crippen LogP contribution in [0, 0.1) is 6.92 Å². The lowest BCUT2D eigenvalue weighted by molar-refractivity contribution is 0.0214. The first-order valence-electron chi connectivity index (χ1n) is 15.7. The minimum absolute atomic E-state index is 0.160. The van der Waals surface area contributed by atoms with E-state index < -0.39 is 5.60 Å². The molecule has 1 amide bonds. The summed E-state index contributed by atoms with van der Waals surface area (Å²) in [6.07, 6.45) is 6.47. The molecule has 1 unspecified atom stereocenters. The molecule has 0 spiro atoms. The molecule has 0 N–H and O–H groups in total. The summed E-state index contributed by atoms with van der Waals surface area (Å²) in [7, 11) is 0. The van der Waals surface area contributed by atoms with Crippen molar-refractivity contribution in [2.45, 2.75) is 84.8 Å². The minimum atomic E-state index is -0.590. The summed E-state index contributed by atoms with van der Waals surface area (Å²) in [6.45, 7) is 9.77. The van der Waals surface area contributed by atoms with Crippen molar-refractivity contribution in [3.05, 3.63) is 125 Å². The van der Waals surface area contributed by atoms with Gasteiger partial charge in [-0.15, -0.1) is 0 Å². The van der Waals surface area contributed by atoms with E-state index in [-0.39, 0.29) is 12.1 Å². The standard InChI is InChI=1S/C37H41N5O3/c1-26-13-18-31-33(21-26)44-34(40-31)25-41(32-12-7-9-29-10-8-20-39-35(29)32)22-27-14-16-28(17-15-27)23-42(36(43)45-37(2,3)4)24-30-11-5-6-19-38-30/h5-6,8,10-11,13-21,32H,7,9,12,22-25H2,1-4H3. The van der Waals surface area contributed by atoms with Crippen molar-refractivity contribution < 1.29 is 13.9 Å². The van der Waals surface area contributed by atoms with Gasteiger partial charge in [0.05, 0.1) is 30.5 Å². The van der Waals surface area contributed by atoms with Crippen LogP contribution < -0.4 is 0 Å². The molecule has 1 atom stereocenters. The first-order chi connectivity index (χ1) is 21.7. The van der Waals surface area contributed by atoms with Gasteiger partial charge in [-0.05, 0) is 99.5 Å². The van der Waals surface area contributed by atoms with Crippen molar-refractivity contribution in [2.24, 2.45) is 0 Å². The molecule has 1 aliphatic rings. The van der Waals surface area contributed by atoms with Gasteiger partial charge in [-0.3, -0.25) is 19.8 Å². The Balaban J connectivity index is 1.23. The molecule has 8 nitrogen and oxygen atoms in total. The summed E-state index contributed by atoms with van der Waals surface area (Å²) in [4.78, 5) is 31.4. The zero-order valence-corrected chi connectivity index (χ0v) is 26.6. The third-order valence-corrected chi connectivity index (χ3v) is 8.05. The van der Waals surface area contributed by atoms with Crippen molar-refractivity contribution in [1.29, 1.82) is 0 Å². The first-order valence-corrected chi connectivity index (χ1v) is 15.7. The zero-order chi connectivity index (χ0) is 31.4. The normalized spacial score (nSPS) is 14.8. The van der Waals surface area contributed by atoms with Crippen molar-refractivity contribution >= 4 is 17.2 Å². The molecular weight excluding hydrogens is 562 g/mol. The second kappa shape index (κ2) is 13.2. The number of hydrogen-bond donors (Lipinski definition) is 0. The molecular formula is C37H41N5O3. The molecule has 8 heteroatoms. The average Bonchev–Trinajstić information content (AvgIpc) is 3.42. The number of aryl methyl sites for hydroxylation is 2. The lowest BCUT2D eigenvalue weighted by Gasteiger charge is -2.34. The molecule has 6 rings (SSSR count). The van der Waals surface area contributed by atoms with Gasteiger partial charge in [0.15, 0.2) is 5.58 Å². The number of carbonyl (C=O) groups is 1. The Hall–Kier alpha value is -4.56. The van der Waals surface area contributed by atoms with Gasteiger partial charge < -0.3 is 9.15 Å². The van der Waals surface area contributed by atoms with E-state index in [2.05, 4.69) is 53.2 Å². The van der Waals surface area contributed by atoms with Crippen LogP contribution in [-0.2, 0) is 37.3 Å². The molecule has 232 valence electrons. The van der Waals surface area contributed by atoms with E-state index in [1.807, 2.05) is 63.4 Å². The number of pyridine rings is 2. The number of aromatic nitrogens is 3. The Morgan fingerprint density at radius 2 is 1.69 bits per heavy atom. The minimum Gasteiger partial charge on any atom is -0.444 e. The predicted octanol–water partition coefficient (Wildman–Crippen LogP) is 7.94. The molecule has 2 aromatic carbocycles. The third-order valence-electron chi connectivity index (χ3n) is 8.05. The van der Waals surface area contributed by atoms with Crippen LogP contribution in [0.1, 0.15) is 79.2 Å². The Bertz CT molecular complexity index is 1740. The summed E-state index contributed by atoms with van der Waals surface area (Å²) in [5.74, 6) is 0.706. The second-order valence-corrected chi connectivity index (χ2v) is 12.9. The van der Waals surface area contributed by atoms with E-state index in [4.69, 9.17) is 19.1 Å². The van der Waals surface area contributed by atoms with E-state index >= 15 is 0 Å². The van der Waals surface area contributed by atoms with Crippen LogP contribution in [0.2, 0.25) is 0 Å². The molecule has 1 aliphatic carbocycles. The number of fused-ring (bicyclic) bond motifs is 2. The molecule has 3 aromatic heterocycles. The van der Waals surface area contributed by atoms with Gasteiger partial charge in [0.25, 0.3) is 0 Å². The van der Waals surface area contributed by atoms with Crippen LogP contribution in [0.25, 0.3) is 11.1 Å². The topological polar surface area (TPSA) is 84.6 Å². The average molecular weight is 604 g/mol. The molecule has 0 radical (unpaired) electrons. The predicted molar refractivity (Wildman–Crippen MR) is 174 cm³/mol. The number of carbonyl (C=O) groups excluding carboxylic acids is 1. The lowest BCUT2D eigenvalue weighted by Crippen LogP contribution is -2.36. The van der Waals surface area contributed by atoms with Crippen LogP contribution in [0.5, 0.6) is 0 Å². The molecule has 45 heavy (non-hydrogen) atoms. The summed E-state index contributed by atoms with van der Waals surface area (Å²) < 4.78 is 12.0. The van der Waals surface area contributed by atoms with Crippen LogP contribution in [0.15, 0.2) is 89.6 Å². The highest BCUT2D eigenvalue weighted by atomic mass is 16.6. The van der Waals surface area contributed by atoms with E-state index in [0.29, 0.717) is 32.1 Å². The Labute approximate surface area is 265 Å². The SMILES string of the molecule is Cc1ccc2nc(CN(Cc3ccc(CN(Cc4ccccn4)C(=O)OC(C)(C)C)cc3)C3CCCc4cccnc43)oc2c1. The van der Waals surface area contributed by atoms with Crippen LogP contribution in [-0.4, -0.2) is 36.4 Å². The first kappa shape index (κ1) is 30.5. The molecule has 0 bridgehead atoms. The van der Waals surface area contributed by atoms with Gasteiger partial charge in [-0.1, -0.05) is 42.5 Å². The second-order valence-electron chi connectivity index (χ2n) is 12.9. The monoisotopic (exact) mass is 603 g/mol. The molecule has 5 aromatic rings. The van der Waals surface area contributed by atoms with E-state index in [1.54, 1.807) is 11.1 Å². The Kier molecular flexibility index (Phi) is 8.94. The van der Waals surface area contributed by atoms with Crippen molar-refractivity contribution in [3.63, 3.8) is 0 Å². The number of rotatable bonds is 9. The smallest absolute Gasteiger partial charge is 0.410 e. The molecule has 3 heterocycles. The fourth-order valence-corrected chi connectivity index (χ4v) is 5.94. The number of nitrogens with zero attached hydrogens (tertiary/aromatic N) is 5. The fourth-order valence-electron chi connectivity index (χ4n) is 5.94. The van der Waals surface area contributed by atoms with Crippen molar-refractivity contribution in [2.75, 3.05) is 0 Å². The maximum atomic E-state index is 13.2. The highest BCUT2D eigenvalue weighted by Gasteiger charge is 2.29. The van der Waals surface area contributed by atoms with Crippen LogP contribution in [0.3, 0.4) is 0 Å². The highest BCUT2D eigenvalue weighted by molar-refractivity contribution is 5.73. The number of ether oxygens (including phenoxy) is 1. The quantitative estimate of drug-likeness (QED) is 0.169. The largest absolute Gasteiger partial charge is 0.444 e. The van der Waals surface area contributed by atoms with Gasteiger partial charge in [0.2, 0.25) is 5.89 Å². The maximum absolute atomic E-state index is 13.2. The summed E-state index contributed by atoms with van der Waals surface area (Å²) >= 11 is 0. The van der Waals surface area contributed by atoms with Crippen LogP contribution >= 0.6 is 0 Å². The molecule has 0 saturated carbocycles. The number of oxazole rings is 1. The number of hydrogen-bond acceptors (Lipinski definition) is 7. The summed E-state index contributed by atoms with van der Waals surface area (Å²) in [5.41, 5.74) is 7.72. The van der Waals surface area contributed by atoms with Gasteiger partial charge in [-0.2, -0.15) is 0 Å². The summed E-state index contributed by atoms with van der Waals surface area (Å²) in [6, 6.07) is 24.7. The lowest BCUT2D eigenvalue weighted by atomic mass is 9.90. The zero-order valence-electron chi connectivity index (χ0n) is 26.6. The van der Waals surface area contributed by atoms with E-state index in [9.17, 15) is 4.79 Å². The Morgan fingerprint density at radius 3 is 2.44 bits per heavy atom. The molecule has 0 fully saturated rings. The fraction of sp³-hybridized carbons (Fsp3) is 0.351. The van der Waals surface area contributed by atoms with Crippen molar-refractivity contribution in [3.8, 4) is 0 Å². The van der Waals surface area contributed by atoms with E-state index in [0.717, 1.165) is 52.9 Å². The van der Waals surface area contributed by atoms with Gasteiger partial charge in [0, 0.05) is 25.5 Å². The number of amides is 1. The van der Waals surface area contributed by atoms with Crippen molar-refractivity contribution in [1.82, 2.24) is 24.8 Å². The Morgan fingerprint density at radius 1 is 0.911 bits per heavy atom. The molecule has 0 aliphatic heterocycles. The van der Waals surface area contributed by atoms with Gasteiger partial charge >= 0.3 is 6.09 Å². The third kappa shape index (κ3) is 7.75. The number of benzene rings is 2. The van der Waals surface area contributed by atoms with Gasteiger partial charge in [0.1, 0.15) is 11.1 Å². The van der Waals surface area contributed by atoms with Gasteiger partial charge in [-0.25, -0.2) is 9.78 Å². The summed E-state index contributed by atoms with van der Waals surface area (Å²) in [5, 5.41) is 0. The highest BCUT2D eigenvalue weighted by Crippen LogP contribution is 2.35. The van der Waals surface area contributed by atoms with Crippen LogP contribution in [0.4, 0.5) is 4.79 Å². The molecule has 0 saturated heterocycles.